The molecule has 1 heterocycles. The number of benzene rings is 1. The van der Waals surface area contributed by atoms with Crippen LogP contribution in [0.3, 0.4) is 0 Å². The molecule has 2 rings (SSSR count). The molecule has 0 unspecified atom stereocenters. The summed E-state index contributed by atoms with van der Waals surface area (Å²) in [7, 11) is 0. The zero-order valence-corrected chi connectivity index (χ0v) is 17.1. The van der Waals surface area contributed by atoms with Crippen molar-refractivity contribution in [2.75, 3.05) is 17.7 Å². The van der Waals surface area contributed by atoms with Crippen molar-refractivity contribution in [2.24, 2.45) is 0 Å². The van der Waals surface area contributed by atoms with E-state index in [0.29, 0.717) is 33.1 Å². The Kier molecular flexibility index (Phi) is 8.29. The minimum Gasteiger partial charge on any atom is -0.490 e. The Labute approximate surface area is 165 Å². The summed E-state index contributed by atoms with van der Waals surface area (Å²) in [6.07, 6.45) is 3.12. The van der Waals surface area contributed by atoms with Crippen LogP contribution in [-0.4, -0.2) is 28.5 Å². The van der Waals surface area contributed by atoms with E-state index in [1.807, 2.05) is 6.92 Å². The average molecular weight is 420 g/mol. The van der Waals surface area contributed by atoms with Gasteiger partial charge in [-0.15, -0.1) is 10.2 Å². The number of hydrogen-bond acceptors (Lipinski definition) is 6. The number of halogens is 2. The summed E-state index contributed by atoms with van der Waals surface area (Å²) in [6.45, 7) is 4.69. The zero-order chi connectivity index (χ0) is 18.2. The van der Waals surface area contributed by atoms with Crippen molar-refractivity contribution in [3.8, 4) is 5.75 Å². The van der Waals surface area contributed by atoms with Crippen LogP contribution in [0.1, 0.15) is 43.5 Å². The van der Waals surface area contributed by atoms with Gasteiger partial charge in [0.05, 0.1) is 16.7 Å². The van der Waals surface area contributed by atoms with Crippen LogP contribution in [0, 0.1) is 0 Å². The van der Waals surface area contributed by atoms with Gasteiger partial charge in [-0.25, -0.2) is 0 Å². The van der Waals surface area contributed by atoms with Gasteiger partial charge in [-0.1, -0.05) is 73.0 Å². The number of ether oxygens (including phenoxy) is 1. The summed E-state index contributed by atoms with van der Waals surface area (Å²) in [5.74, 6) is 0.965. The number of rotatable bonds is 9. The first-order chi connectivity index (χ1) is 12.0. The number of carbonyl (C=O) groups is 1. The van der Waals surface area contributed by atoms with Crippen molar-refractivity contribution < 1.29 is 9.53 Å². The number of unbranched alkanes of at least 4 members (excludes halogenated alkanes) is 2. The highest BCUT2D eigenvalue weighted by molar-refractivity contribution is 8.01. The Hall–Kier alpha value is -1.02. The molecule has 0 radical (unpaired) electrons. The molecular weight excluding hydrogens is 401 g/mol. The van der Waals surface area contributed by atoms with Gasteiger partial charge in [0.25, 0.3) is 5.91 Å². The van der Waals surface area contributed by atoms with Crippen LogP contribution < -0.4 is 10.1 Å². The first kappa shape index (κ1) is 20.3. The summed E-state index contributed by atoms with van der Waals surface area (Å²) in [6, 6.07) is 3.08. The molecule has 136 valence electrons. The zero-order valence-electron chi connectivity index (χ0n) is 14.0. The van der Waals surface area contributed by atoms with E-state index < -0.39 is 0 Å². The van der Waals surface area contributed by atoms with Crippen LogP contribution in [0.15, 0.2) is 16.5 Å². The lowest BCUT2D eigenvalue weighted by Crippen LogP contribution is -2.12. The molecule has 1 aromatic heterocycles. The summed E-state index contributed by atoms with van der Waals surface area (Å²) in [4.78, 5) is 12.4. The lowest BCUT2D eigenvalue weighted by Gasteiger charge is -2.11. The largest absolute Gasteiger partial charge is 0.490 e. The molecule has 25 heavy (non-hydrogen) atoms. The Morgan fingerprint density at radius 3 is 2.60 bits per heavy atom. The monoisotopic (exact) mass is 419 g/mol. The van der Waals surface area contributed by atoms with Crippen LogP contribution in [0.4, 0.5) is 5.13 Å². The third kappa shape index (κ3) is 6.02. The molecule has 0 aliphatic heterocycles. The van der Waals surface area contributed by atoms with Crippen LogP contribution in [-0.2, 0) is 0 Å². The van der Waals surface area contributed by atoms with Crippen LogP contribution >= 0.6 is 46.3 Å². The molecule has 1 amide bonds. The number of nitrogens with one attached hydrogen (secondary N) is 1. The van der Waals surface area contributed by atoms with Crippen LogP contribution in [0.5, 0.6) is 5.75 Å². The third-order valence-corrected chi connectivity index (χ3v) is 5.57. The van der Waals surface area contributed by atoms with E-state index in [-0.39, 0.29) is 5.91 Å². The highest BCUT2D eigenvalue weighted by Crippen LogP contribution is 2.35. The second-order valence-corrected chi connectivity index (χ2v) is 8.39. The van der Waals surface area contributed by atoms with Crippen LogP contribution in [0.2, 0.25) is 10.0 Å². The van der Waals surface area contributed by atoms with Crippen molar-refractivity contribution in [3.63, 3.8) is 0 Å². The van der Waals surface area contributed by atoms with Gasteiger partial charge in [0.2, 0.25) is 5.13 Å². The molecule has 1 aromatic carbocycles. The summed E-state index contributed by atoms with van der Waals surface area (Å²) in [5.41, 5.74) is 0.343. The fourth-order valence-corrected chi connectivity index (χ4v) is 4.21. The molecule has 0 aliphatic carbocycles. The number of carbonyl (C=O) groups excluding carboxylic acids is 1. The van der Waals surface area contributed by atoms with Gasteiger partial charge in [-0.2, -0.15) is 0 Å². The quantitative estimate of drug-likeness (QED) is 0.317. The molecule has 0 spiro atoms. The molecule has 2 aromatic rings. The van der Waals surface area contributed by atoms with E-state index >= 15 is 0 Å². The van der Waals surface area contributed by atoms with E-state index in [9.17, 15) is 4.79 Å². The van der Waals surface area contributed by atoms with Crippen molar-refractivity contribution >= 4 is 57.3 Å². The standard InChI is InChI=1S/C16H19Cl2N3O2S2/c1-3-5-6-7-23-13-11(17)8-10(9-12(13)18)14(22)19-15-20-21-16(25-15)24-4-2/h8-9H,3-7H2,1-2H3,(H,19,20,22). The fraction of sp³-hybridized carbons (Fsp3) is 0.438. The summed E-state index contributed by atoms with van der Waals surface area (Å²) >= 11 is 15.3. The number of amides is 1. The van der Waals surface area contributed by atoms with Crippen molar-refractivity contribution in [2.45, 2.75) is 37.4 Å². The molecule has 0 saturated heterocycles. The Morgan fingerprint density at radius 2 is 1.96 bits per heavy atom. The molecule has 9 heteroatoms. The summed E-state index contributed by atoms with van der Waals surface area (Å²) in [5, 5.41) is 11.7. The fourth-order valence-electron chi connectivity index (χ4n) is 1.97. The van der Waals surface area contributed by atoms with Gasteiger partial charge in [0.1, 0.15) is 0 Å². The van der Waals surface area contributed by atoms with Gasteiger partial charge >= 0.3 is 0 Å². The number of nitrogens with zero attached hydrogens (tertiary/aromatic N) is 2. The van der Waals surface area contributed by atoms with E-state index in [0.717, 1.165) is 29.4 Å². The van der Waals surface area contributed by atoms with E-state index in [1.54, 1.807) is 23.9 Å². The smallest absolute Gasteiger partial charge is 0.257 e. The molecule has 0 saturated carbocycles. The van der Waals surface area contributed by atoms with Gasteiger partial charge in [0, 0.05) is 5.56 Å². The lowest BCUT2D eigenvalue weighted by atomic mass is 10.2. The predicted octanol–water partition coefficient (Wildman–Crippen LogP) is 5.78. The minimum atomic E-state index is -0.342. The van der Waals surface area contributed by atoms with Gasteiger partial charge in [0.15, 0.2) is 10.1 Å². The van der Waals surface area contributed by atoms with E-state index in [1.165, 1.54) is 11.3 Å². The number of anilines is 1. The third-order valence-electron chi connectivity index (χ3n) is 3.15. The van der Waals surface area contributed by atoms with Gasteiger partial charge < -0.3 is 4.74 Å². The van der Waals surface area contributed by atoms with Gasteiger partial charge in [-0.3, -0.25) is 10.1 Å². The number of aromatic nitrogens is 2. The lowest BCUT2D eigenvalue weighted by molar-refractivity contribution is 0.102. The molecule has 0 bridgehead atoms. The minimum absolute atomic E-state index is 0.314. The predicted molar refractivity (Wildman–Crippen MR) is 106 cm³/mol. The molecule has 0 fully saturated rings. The second-order valence-electron chi connectivity index (χ2n) is 5.08. The first-order valence-electron chi connectivity index (χ1n) is 7.94. The highest BCUT2D eigenvalue weighted by atomic mass is 35.5. The maximum atomic E-state index is 12.4. The normalized spacial score (nSPS) is 10.7. The van der Waals surface area contributed by atoms with Crippen molar-refractivity contribution in [1.82, 2.24) is 10.2 Å². The molecule has 0 aliphatic rings. The van der Waals surface area contributed by atoms with Crippen LogP contribution in [0.25, 0.3) is 0 Å². The maximum Gasteiger partial charge on any atom is 0.257 e. The molecule has 1 N–H and O–H groups in total. The Bertz CT molecular complexity index is 702. The molecular formula is C16H19Cl2N3O2S2. The second kappa shape index (κ2) is 10.2. The van der Waals surface area contributed by atoms with Crippen molar-refractivity contribution in [3.05, 3.63) is 27.7 Å². The van der Waals surface area contributed by atoms with E-state index in [2.05, 4.69) is 22.4 Å². The molecule has 0 atom stereocenters. The van der Waals surface area contributed by atoms with E-state index in [4.69, 9.17) is 27.9 Å². The average Bonchev–Trinajstić information content (AvgIpc) is 3.00. The SMILES string of the molecule is CCCCCOc1c(Cl)cc(C(=O)Nc2nnc(SCC)s2)cc1Cl. The van der Waals surface area contributed by atoms with Gasteiger partial charge in [-0.05, 0) is 24.3 Å². The topological polar surface area (TPSA) is 64.1 Å². The Balaban J connectivity index is 2.04. The number of thioether (sulfide) groups is 1. The number of hydrogen-bond donors (Lipinski definition) is 1. The molecule has 5 nitrogen and oxygen atoms in total. The highest BCUT2D eigenvalue weighted by Gasteiger charge is 2.16. The van der Waals surface area contributed by atoms with Crippen molar-refractivity contribution in [1.29, 1.82) is 0 Å². The maximum absolute atomic E-state index is 12.4. The summed E-state index contributed by atoms with van der Waals surface area (Å²) < 4.78 is 6.44. The Morgan fingerprint density at radius 1 is 1.24 bits per heavy atom. The first-order valence-corrected chi connectivity index (χ1v) is 10.5.